The van der Waals surface area contributed by atoms with Crippen molar-refractivity contribution >= 4 is 59.4 Å². The lowest BCUT2D eigenvalue weighted by Crippen LogP contribution is -2.03. The van der Waals surface area contributed by atoms with Gasteiger partial charge in [0.15, 0.2) is 0 Å². The van der Waals surface area contributed by atoms with E-state index in [1.54, 1.807) is 24.3 Å². The highest BCUT2D eigenvalue weighted by Crippen LogP contribution is 2.43. The normalized spacial score (nSPS) is 12.6. The SMILES string of the molecule is Nc1c(N=Nc2ccc(N=Nc3ccc(O)cc3)cc2)c(S(=O)(=O)O)cc2cc(S(=O)(=O)O)cc(O)c12. The van der Waals surface area contributed by atoms with Gasteiger partial charge in [-0.1, -0.05) is 0 Å². The summed E-state index contributed by atoms with van der Waals surface area (Å²) in [7, 11) is -9.67. The Hall–Kier alpha value is -4.44. The van der Waals surface area contributed by atoms with Gasteiger partial charge in [0.1, 0.15) is 22.1 Å². The summed E-state index contributed by atoms with van der Waals surface area (Å²) in [5.41, 5.74) is 6.33. The van der Waals surface area contributed by atoms with Gasteiger partial charge in [-0.15, -0.1) is 5.11 Å². The number of anilines is 1. The molecule has 0 aliphatic rings. The molecule has 0 saturated heterocycles. The van der Waals surface area contributed by atoms with Crippen molar-refractivity contribution in [3.05, 3.63) is 66.7 Å². The standard InChI is InChI=1S/C22H17N5O8S2/c23-21-20-12(9-17(11-18(20)29)36(30,31)32)10-19(37(33,34)35)22(21)27-26-14-3-1-13(2-4-14)24-25-15-5-7-16(28)8-6-15/h1-11,28-29H,23H2,(H,30,31,32)(H,33,34,35). The average molecular weight is 544 g/mol. The Morgan fingerprint density at radius 2 is 1.14 bits per heavy atom. The molecule has 0 unspecified atom stereocenters. The van der Waals surface area contributed by atoms with E-state index in [0.717, 1.165) is 18.2 Å². The van der Waals surface area contributed by atoms with Crippen LogP contribution in [0.3, 0.4) is 0 Å². The number of phenols is 2. The zero-order valence-electron chi connectivity index (χ0n) is 18.5. The third-order valence-electron chi connectivity index (χ3n) is 4.99. The second-order valence-corrected chi connectivity index (χ2v) is 10.4. The summed E-state index contributed by atoms with van der Waals surface area (Å²) in [6, 6.07) is 14.6. The molecule has 0 aliphatic heterocycles. The fourth-order valence-corrected chi connectivity index (χ4v) is 4.47. The number of nitrogens with two attached hydrogens (primary N) is 1. The van der Waals surface area contributed by atoms with Crippen molar-refractivity contribution < 1.29 is 36.2 Å². The van der Waals surface area contributed by atoms with Crippen LogP contribution in [0.1, 0.15) is 0 Å². The van der Waals surface area contributed by atoms with Gasteiger partial charge in [-0.05, 0) is 66.0 Å². The molecule has 0 aromatic heterocycles. The van der Waals surface area contributed by atoms with Crippen molar-refractivity contribution in [2.45, 2.75) is 9.79 Å². The second kappa shape index (κ2) is 9.55. The predicted molar refractivity (Wildman–Crippen MR) is 133 cm³/mol. The van der Waals surface area contributed by atoms with Crippen LogP contribution in [0, 0.1) is 0 Å². The lowest BCUT2D eigenvalue weighted by atomic mass is 10.1. The third kappa shape index (κ3) is 5.70. The number of nitrogens with zero attached hydrogens (tertiary/aromatic N) is 4. The minimum absolute atomic E-state index is 0.0935. The molecule has 37 heavy (non-hydrogen) atoms. The first kappa shape index (κ1) is 25.6. The molecule has 0 heterocycles. The quantitative estimate of drug-likeness (QED) is 0.123. The van der Waals surface area contributed by atoms with E-state index in [-0.39, 0.29) is 22.2 Å². The van der Waals surface area contributed by atoms with E-state index in [0.29, 0.717) is 11.4 Å². The maximum absolute atomic E-state index is 12.0. The third-order valence-corrected chi connectivity index (χ3v) is 6.69. The molecular formula is C22H17N5O8S2. The van der Waals surface area contributed by atoms with Crippen LogP contribution in [0.25, 0.3) is 10.8 Å². The smallest absolute Gasteiger partial charge is 0.296 e. The van der Waals surface area contributed by atoms with E-state index >= 15 is 0 Å². The molecule has 0 amide bonds. The molecule has 0 radical (unpaired) electrons. The largest absolute Gasteiger partial charge is 0.508 e. The Bertz CT molecular complexity index is 1790. The number of fused-ring (bicyclic) bond motifs is 1. The second-order valence-electron chi connectivity index (χ2n) is 7.56. The number of rotatable bonds is 6. The van der Waals surface area contributed by atoms with Crippen LogP contribution in [0.5, 0.6) is 11.5 Å². The number of nitrogen functional groups attached to an aromatic ring is 1. The molecule has 0 spiro atoms. The van der Waals surface area contributed by atoms with Gasteiger partial charge in [0.25, 0.3) is 20.2 Å². The van der Waals surface area contributed by atoms with Crippen LogP contribution in [-0.4, -0.2) is 36.2 Å². The Labute approximate surface area is 209 Å². The van der Waals surface area contributed by atoms with Crippen molar-refractivity contribution in [2.75, 3.05) is 5.73 Å². The average Bonchev–Trinajstić information content (AvgIpc) is 2.82. The highest BCUT2D eigenvalue weighted by molar-refractivity contribution is 7.86. The summed E-state index contributed by atoms with van der Waals surface area (Å²) in [4.78, 5) is -1.51. The number of hydrogen-bond acceptors (Lipinski definition) is 11. The molecule has 0 bridgehead atoms. The molecule has 0 aliphatic carbocycles. The lowest BCUT2D eigenvalue weighted by molar-refractivity contribution is 0.471. The number of phenolic OH excluding ortho intramolecular Hbond substituents is 2. The Kier molecular flexibility index (Phi) is 6.62. The highest BCUT2D eigenvalue weighted by atomic mass is 32.2. The summed E-state index contributed by atoms with van der Waals surface area (Å²) in [5, 5.41) is 35.1. The predicted octanol–water partition coefficient (Wildman–Crippen LogP) is 5.16. The topological polar surface area (TPSA) is 225 Å². The monoisotopic (exact) mass is 543 g/mol. The summed E-state index contributed by atoms with van der Waals surface area (Å²) < 4.78 is 65.9. The fourth-order valence-electron chi connectivity index (χ4n) is 3.27. The molecule has 0 atom stereocenters. The lowest BCUT2D eigenvalue weighted by Gasteiger charge is -2.12. The summed E-state index contributed by atoms with van der Waals surface area (Å²) in [5.74, 6) is -0.583. The van der Waals surface area contributed by atoms with Crippen LogP contribution in [0.4, 0.5) is 28.4 Å². The van der Waals surface area contributed by atoms with Crippen molar-refractivity contribution in [1.29, 1.82) is 0 Å². The molecule has 13 nitrogen and oxygen atoms in total. The molecule has 190 valence electrons. The fraction of sp³-hybridized carbons (Fsp3) is 0. The van der Waals surface area contributed by atoms with Gasteiger partial charge >= 0.3 is 0 Å². The Morgan fingerprint density at radius 1 is 0.649 bits per heavy atom. The zero-order chi connectivity index (χ0) is 27.0. The first-order valence-corrected chi connectivity index (χ1v) is 13.0. The molecular weight excluding hydrogens is 526 g/mol. The van der Waals surface area contributed by atoms with Crippen molar-refractivity contribution in [3.8, 4) is 11.5 Å². The van der Waals surface area contributed by atoms with Crippen LogP contribution in [-0.2, 0) is 20.2 Å². The van der Waals surface area contributed by atoms with Crippen LogP contribution in [0.15, 0.2) is 97.0 Å². The van der Waals surface area contributed by atoms with Crippen LogP contribution < -0.4 is 5.73 Å². The van der Waals surface area contributed by atoms with Crippen molar-refractivity contribution in [1.82, 2.24) is 0 Å². The summed E-state index contributed by atoms with van der Waals surface area (Å²) in [6.45, 7) is 0. The van der Waals surface area contributed by atoms with Gasteiger partial charge in [0.05, 0.1) is 27.6 Å². The molecule has 15 heteroatoms. The number of aromatic hydroxyl groups is 2. The maximum Gasteiger partial charge on any atom is 0.296 e. The van der Waals surface area contributed by atoms with E-state index in [1.807, 2.05) is 0 Å². The van der Waals surface area contributed by atoms with Gasteiger partial charge in [0, 0.05) is 11.5 Å². The Morgan fingerprint density at radius 3 is 1.62 bits per heavy atom. The number of azo groups is 2. The van der Waals surface area contributed by atoms with Crippen molar-refractivity contribution in [2.24, 2.45) is 20.5 Å². The first-order valence-electron chi connectivity index (χ1n) is 10.1. The van der Waals surface area contributed by atoms with Gasteiger partial charge in [-0.3, -0.25) is 9.11 Å². The minimum atomic E-state index is -4.93. The van der Waals surface area contributed by atoms with E-state index in [2.05, 4.69) is 20.5 Å². The summed E-state index contributed by atoms with van der Waals surface area (Å²) >= 11 is 0. The zero-order valence-corrected chi connectivity index (χ0v) is 20.1. The first-order chi connectivity index (χ1) is 17.3. The Balaban J connectivity index is 1.72. The molecule has 6 N–H and O–H groups in total. The van der Waals surface area contributed by atoms with Gasteiger partial charge in [-0.2, -0.15) is 32.2 Å². The number of benzene rings is 4. The van der Waals surface area contributed by atoms with Gasteiger partial charge in [0.2, 0.25) is 0 Å². The number of hydrogen-bond donors (Lipinski definition) is 5. The molecule has 0 saturated carbocycles. The van der Waals surface area contributed by atoms with E-state index in [1.165, 1.54) is 24.3 Å². The van der Waals surface area contributed by atoms with Crippen LogP contribution >= 0.6 is 0 Å². The molecule has 0 fully saturated rings. The van der Waals surface area contributed by atoms with E-state index in [9.17, 15) is 36.2 Å². The van der Waals surface area contributed by atoms with Gasteiger partial charge in [-0.25, -0.2) is 0 Å². The van der Waals surface area contributed by atoms with Gasteiger partial charge < -0.3 is 15.9 Å². The highest BCUT2D eigenvalue weighted by Gasteiger charge is 2.24. The molecule has 4 aromatic carbocycles. The minimum Gasteiger partial charge on any atom is -0.508 e. The molecule has 4 rings (SSSR count). The maximum atomic E-state index is 12.0. The van der Waals surface area contributed by atoms with Crippen molar-refractivity contribution in [3.63, 3.8) is 0 Å². The summed E-state index contributed by atoms with van der Waals surface area (Å²) in [6.07, 6.45) is 0. The van der Waals surface area contributed by atoms with E-state index in [4.69, 9.17) is 5.73 Å². The van der Waals surface area contributed by atoms with E-state index < -0.39 is 47.2 Å². The molecule has 4 aromatic rings. The van der Waals surface area contributed by atoms with Crippen LogP contribution in [0.2, 0.25) is 0 Å².